The van der Waals surface area contributed by atoms with Crippen LogP contribution in [-0.4, -0.2) is 84.6 Å². The predicted molar refractivity (Wildman–Crippen MR) is 151 cm³/mol. The number of nitrogens with one attached hydrogen (secondary N) is 3. The summed E-state index contributed by atoms with van der Waals surface area (Å²) in [7, 11) is 2.15. The molecule has 1 unspecified atom stereocenters. The Hall–Kier alpha value is -4.09. The number of nitrogens with zero attached hydrogens (tertiary/aromatic N) is 7. The van der Waals surface area contributed by atoms with Crippen LogP contribution < -0.4 is 10.2 Å². The van der Waals surface area contributed by atoms with Crippen LogP contribution in [0.3, 0.4) is 0 Å². The Morgan fingerprint density at radius 2 is 1.85 bits per heavy atom. The number of H-pyrrole nitrogens is 2. The van der Waals surface area contributed by atoms with Crippen LogP contribution in [0.4, 0.5) is 11.5 Å². The molecule has 0 radical (unpaired) electrons. The minimum Gasteiger partial charge on any atom is -0.374 e. The maximum absolute atomic E-state index is 10.6. The van der Waals surface area contributed by atoms with Gasteiger partial charge >= 0.3 is 0 Å². The average Bonchev–Trinajstić information content (AvgIpc) is 3.73. The number of rotatable bonds is 6. The number of fused-ring (bicyclic) bond motifs is 2. The molecule has 0 amide bonds. The smallest absolute Gasteiger partial charge is 0.181 e. The fourth-order valence-electron chi connectivity index (χ4n) is 5.77. The summed E-state index contributed by atoms with van der Waals surface area (Å²) in [6, 6.07) is 6.02. The van der Waals surface area contributed by atoms with Gasteiger partial charge < -0.3 is 25.2 Å². The number of imidazole rings is 1. The highest BCUT2D eigenvalue weighted by atomic mass is 16.3. The molecule has 2 fully saturated rings. The molecule has 4 N–H and O–H groups in total. The number of aromatic amines is 2. The van der Waals surface area contributed by atoms with Gasteiger partial charge in [-0.05, 0) is 38.1 Å². The van der Waals surface area contributed by atoms with Crippen molar-refractivity contribution in [2.24, 2.45) is 5.92 Å². The molecule has 39 heavy (non-hydrogen) atoms. The molecular weight excluding hydrogens is 492 g/mol. The molecule has 1 saturated heterocycles. The van der Waals surface area contributed by atoms with Gasteiger partial charge in [0.25, 0.3) is 0 Å². The average molecular weight is 525 g/mol. The highest BCUT2D eigenvalue weighted by molar-refractivity contribution is 5.95. The molecular formula is C28H32N10O. The second-order valence-electron chi connectivity index (χ2n) is 10.7. The standard InChI is InChI=1S/C28H32N10O/c1-37-8-10-38(11-9-37)27-24-22(6-7-30-27)33-26(34-24)23-21-13-19(15-31-25(21)36-35-23)18-12-20(16-29-14-18)32-28(39)17-4-2-3-5-17/h6-7,12-17,28,32,39H,2-5,8-11H2,1H3,(H,33,34)(H,31,35,36). The van der Waals surface area contributed by atoms with Crippen LogP contribution in [0, 0.1) is 5.92 Å². The van der Waals surface area contributed by atoms with Crippen molar-refractivity contribution in [1.82, 2.24) is 40.0 Å². The summed E-state index contributed by atoms with van der Waals surface area (Å²) < 4.78 is 0. The van der Waals surface area contributed by atoms with E-state index in [1.165, 1.54) is 12.8 Å². The van der Waals surface area contributed by atoms with E-state index in [9.17, 15) is 5.11 Å². The molecule has 5 aromatic heterocycles. The lowest BCUT2D eigenvalue weighted by Crippen LogP contribution is -2.44. The van der Waals surface area contributed by atoms with Crippen molar-refractivity contribution >= 4 is 33.6 Å². The van der Waals surface area contributed by atoms with Crippen LogP contribution in [0.15, 0.2) is 43.0 Å². The van der Waals surface area contributed by atoms with E-state index in [0.29, 0.717) is 11.5 Å². The Balaban J connectivity index is 1.20. The van der Waals surface area contributed by atoms with Crippen LogP contribution in [0.1, 0.15) is 25.7 Å². The van der Waals surface area contributed by atoms with E-state index >= 15 is 0 Å². The summed E-state index contributed by atoms with van der Waals surface area (Å²) in [6.45, 7) is 3.84. The summed E-state index contributed by atoms with van der Waals surface area (Å²) >= 11 is 0. The van der Waals surface area contributed by atoms with Gasteiger partial charge in [-0.25, -0.2) is 15.0 Å². The number of aliphatic hydroxyl groups excluding tert-OH is 1. The Morgan fingerprint density at radius 3 is 2.69 bits per heavy atom. The number of pyridine rings is 3. The lowest BCUT2D eigenvalue weighted by Gasteiger charge is -2.33. The zero-order valence-corrected chi connectivity index (χ0v) is 21.9. The monoisotopic (exact) mass is 524 g/mol. The molecule has 6 heterocycles. The number of hydrogen-bond acceptors (Lipinski definition) is 9. The zero-order valence-electron chi connectivity index (χ0n) is 21.9. The predicted octanol–water partition coefficient (Wildman–Crippen LogP) is 3.63. The first-order chi connectivity index (χ1) is 19.1. The second kappa shape index (κ2) is 9.90. The number of aromatic nitrogens is 7. The highest BCUT2D eigenvalue weighted by Gasteiger charge is 2.24. The van der Waals surface area contributed by atoms with Crippen molar-refractivity contribution in [2.45, 2.75) is 31.9 Å². The van der Waals surface area contributed by atoms with E-state index < -0.39 is 6.23 Å². The van der Waals surface area contributed by atoms with Gasteiger partial charge in [-0.2, -0.15) is 5.10 Å². The van der Waals surface area contributed by atoms with E-state index in [0.717, 1.165) is 83.8 Å². The Kier molecular flexibility index (Phi) is 6.09. The summed E-state index contributed by atoms with van der Waals surface area (Å²) in [5.41, 5.74) is 5.79. The molecule has 11 heteroatoms. The fraction of sp³-hybridized carbons (Fsp3) is 0.393. The van der Waals surface area contributed by atoms with Crippen LogP contribution in [0.5, 0.6) is 0 Å². The number of anilines is 2. The van der Waals surface area contributed by atoms with Crippen molar-refractivity contribution in [1.29, 1.82) is 0 Å². The Labute approximate surface area is 225 Å². The molecule has 0 spiro atoms. The molecule has 7 rings (SSSR count). The van der Waals surface area contributed by atoms with Crippen molar-refractivity contribution in [3.63, 3.8) is 0 Å². The molecule has 11 nitrogen and oxygen atoms in total. The summed E-state index contributed by atoms with van der Waals surface area (Å²) in [5.74, 6) is 1.89. The third kappa shape index (κ3) is 4.57. The van der Waals surface area contributed by atoms with Gasteiger partial charge in [-0.15, -0.1) is 0 Å². The molecule has 0 aromatic carbocycles. The van der Waals surface area contributed by atoms with Gasteiger partial charge in [0.15, 0.2) is 17.3 Å². The van der Waals surface area contributed by atoms with Crippen molar-refractivity contribution in [2.75, 3.05) is 43.4 Å². The minimum absolute atomic E-state index is 0.288. The van der Waals surface area contributed by atoms with Crippen molar-refractivity contribution in [3.05, 3.63) is 43.0 Å². The Bertz CT molecular complexity index is 1610. The van der Waals surface area contributed by atoms with Crippen LogP contribution in [0.25, 0.3) is 44.7 Å². The van der Waals surface area contributed by atoms with Gasteiger partial charge in [0.1, 0.15) is 17.4 Å². The molecule has 1 atom stereocenters. The van der Waals surface area contributed by atoms with Gasteiger partial charge in [-0.3, -0.25) is 10.1 Å². The van der Waals surface area contributed by atoms with E-state index in [-0.39, 0.29) is 5.92 Å². The van der Waals surface area contributed by atoms with Gasteiger partial charge in [0.05, 0.1) is 22.8 Å². The van der Waals surface area contributed by atoms with E-state index in [2.05, 4.69) is 58.4 Å². The SMILES string of the molecule is CN1CCN(c2nccc3[nH]c(-c4[nH]nc5ncc(-c6cncc(NC(O)C7CCCC7)c6)cc45)nc23)CC1. The van der Waals surface area contributed by atoms with Crippen LogP contribution in [0.2, 0.25) is 0 Å². The van der Waals surface area contributed by atoms with Gasteiger partial charge in [0, 0.05) is 61.8 Å². The van der Waals surface area contributed by atoms with Gasteiger partial charge in [-0.1, -0.05) is 12.8 Å². The lowest BCUT2D eigenvalue weighted by atomic mass is 10.1. The van der Waals surface area contributed by atoms with Gasteiger partial charge in [0.2, 0.25) is 0 Å². The molecule has 1 aliphatic carbocycles. The molecule has 1 saturated carbocycles. The summed E-state index contributed by atoms with van der Waals surface area (Å²) in [5, 5.41) is 22.3. The van der Waals surface area contributed by atoms with E-state index in [4.69, 9.17) is 4.98 Å². The molecule has 0 bridgehead atoms. The lowest BCUT2D eigenvalue weighted by molar-refractivity contribution is 0.137. The van der Waals surface area contributed by atoms with E-state index in [1.807, 2.05) is 24.5 Å². The minimum atomic E-state index is -0.566. The maximum atomic E-state index is 10.6. The molecule has 5 aromatic rings. The number of likely N-dealkylation sites (N-methyl/N-ethyl adjacent to an activating group) is 1. The summed E-state index contributed by atoms with van der Waals surface area (Å²) in [4.78, 5) is 26.7. The number of hydrogen-bond donors (Lipinski definition) is 4. The summed E-state index contributed by atoms with van der Waals surface area (Å²) in [6.07, 6.45) is 11.1. The van der Waals surface area contributed by atoms with Crippen molar-refractivity contribution < 1.29 is 5.11 Å². The van der Waals surface area contributed by atoms with Crippen molar-refractivity contribution in [3.8, 4) is 22.6 Å². The third-order valence-electron chi connectivity index (χ3n) is 8.06. The fourth-order valence-corrected chi connectivity index (χ4v) is 5.77. The first-order valence-electron chi connectivity index (χ1n) is 13.6. The second-order valence-corrected chi connectivity index (χ2v) is 10.7. The largest absolute Gasteiger partial charge is 0.374 e. The first-order valence-corrected chi connectivity index (χ1v) is 13.6. The van der Waals surface area contributed by atoms with E-state index in [1.54, 1.807) is 12.4 Å². The topological polar surface area (TPSA) is 135 Å². The normalized spacial score (nSPS) is 17.8. The quantitative estimate of drug-likeness (QED) is 0.246. The molecule has 2 aliphatic rings. The van der Waals surface area contributed by atoms with Crippen LogP contribution >= 0.6 is 0 Å². The first kappa shape index (κ1) is 24.0. The number of piperazine rings is 1. The molecule has 200 valence electrons. The maximum Gasteiger partial charge on any atom is 0.181 e. The molecule has 1 aliphatic heterocycles. The third-order valence-corrected chi connectivity index (χ3v) is 8.06. The Morgan fingerprint density at radius 1 is 1.03 bits per heavy atom. The zero-order chi connectivity index (χ0) is 26.3. The van der Waals surface area contributed by atoms with Crippen LogP contribution in [-0.2, 0) is 0 Å². The highest BCUT2D eigenvalue weighted by Crippen LogP contribution is 2.32. The number of aliphatic hydroxyl groups is 1.